The molecule has 1 heterocycles. The molecule has 6 heteroatoms. The zero-order valence-electron chi connectivity index (χ0n) is 10.8. The fourth-order valence-corrected chi connectivity index (χ4v) is 1.77. The number of hydrogen-bond acceptors (Lipinski definition) is 6. The van der Waals surface area contributed by atoms with Crippen LogP contribution in [0.25, 0.3) is 0 Å². The van der Waals surface area contributed by atoms with Crippen molar-refractivity contribution in [2.75, 3.05) is 30.4 Å². The SMILES string of the molecule is CCCNC(C)c1nnc(NCCCSC)o1. The van der Waals surface area contributed by atoms with E-state index in [0.29, 0.717) is 11.9 Å². The monoisotopic (exact) mass is 258 g/mol. The fraction of sp³-hybridized carbons (Fsp3) is 0.818. The van der Waals surface area contributed by atoms with Crippen LogP contribution in [0.15, 0.2) is 4.42 Å². The molecule has 0 aromatic carbocycles. The highest BCUT2D eigenvalue weighted by Gasteiger charge is 2.12. The van der Waals surface area contributed by atoms with Crippen LogP contribution in [-0.2, 0) is 0 Å². The number of nitrogens with zero attached hydrogens (tertiary/aromatic N) is 2. The van der Waals surface area contributed by atoms with Crippen LogP contribution in [0.3, 0.4) is 0 Å². The zero-order valence-corrected chi connectivity index (χ0v) is 11.6. The summed E-state index contributed by atoms with van der Waals surface area (Å²) in [5, 5.41) is 14.4. The number of hydrogen-bond donors (Lipinski definition) is 2. The predicted molar refractivity (Wildman–Crippen MR) is 72.5 cm³/mol. The van der Waals surface area contributed by atoms with Crippen LogP contribution in [0.5, 0.6) is 0 Å². The number of thioether (sulfide) groups is 1. The van der Waals surface area contributed by atoms with Gasteiger partial charge in [-0.25, -0.2) is 0 Å². The first-order valence-corrected chi connectivity index (χ1v) is 7.47. The van der Waals surface area contributed by atoms with Gasteiger partial charge in [0.15, 0.2) is 0 Å². The van der Waals surface area contributed by atoms with Crippen molar-refractivity contribution >= 4 is 17.8 Å². The van der Waals surface area contributed by atoms with E-state index in [1.54, 1.807) is 0 Å². The molecule has 0 amide bonds. The van der Waals surface area contributed by atoms with Gasteiger partial charge < -0.3 is 15.1 Å². The third-order valence-corrected chi connectivity index (χ3v) is 3.01. The quantitative estimate of drug-likeness (QED) is 0.663. The van der Waals surface area contributed by atoms with Crippen molar-refractivity contribution in [2.24, 2.45) is 0 Å². The minimum Gasteiger partial charge on any atom is -0.406 e. The molecule has 0 aliphatic carbocycles. The highest BCUT2D eigenvalue weighted by molar-refractivity contribution is 7.98. The lowest BCUT2D eigenvalue weighted by molar-refractivity contribution is 0.423. The molecule has 5 nitrogen and oxygen atoms in total. The molecule has 0 bridgehead atoms. The van der Waals surface area contributed by atoms with Gasteiger partial charge in [0, 0.05) is 6.54 Å². The summed E-state index contributed by atoms with van der Waals surface area (Å²) in [5.74, 6) is 1.79. The van der Waals surface area contributed by atoms with Crippen LogP contribution in [-0.4, -0.2) is 35.3 Å². The summed E-state index contributed by atoms with van der Waals surface area (Å²) in [6, 6.07) is 0.635. The average molecular weight is 258 g/mol. The maximum absolute atomic E-state index is 5.52. The van der Waals surface area contributed by atoms with Gasteiger partial charge in [0.25, 0.3) is 0 Å². The highest BCUT2D eigenvalue weighted by Crippen LogP contribution is 2.13. The van der Waals surface area contributed by atoms with Crippen molar-refractivity contribution in [2.45, 2.75) is 32.7 Å². The summed E-state index contributed by atoms with van der Waals surface area (Å²) in [7, 11) is 0. The maximum Gasteiger partial charge on any atom is 0.315 e. The summed E-state index contributed by atoms with van der Waals surface area (Å²) < 4.78 is 5.52. The molecule has 0 spiro atoms. The molecular weight excluding hydrogens is 236 g/mol. The summed E-state index contributed by atoms with van der Waals surface area (Å²) in [6.07, 6.45) is 4.30. The van der Waals surface area contributed by atoms with E-state index in [1.165, 1.54) is 0 Å². The van der Waals surface area contributed by atoms with Gasteiger partial charge in [0.05, 0.1) is 6.04 Å². The van der Waals surface area contributed by atoms with E-state index in [9.17, 15) is 0 Å². The van der Waals surface area contributed by atoms with E-state index in [2.05, 4.69) is 34.0 Å². The molecule has 1 rings (SSSR count). The molecule has 0 radical (unpaired) electrons. The molecular formula is C11H22N4OS. The average Bonchev–Trinajstić information content (AvgIpc) is 2.80. The van der Waals surface area contributed by atoms with E-state index in [1.807, 2.05) is 18.7 Å². The Balaban J connectivity index is 2.31. The van der Waals surface area contributed by atoms with Gasteiger partial charge in [-0.2, -0.15) is 11.8 Å². The third kappa shape index (κ3) is 5.41. The van der Waals surface area contributed by atoms with Crippen LogP contribution >= 0.6 is 11.8 Å². The van der Waals surface area contributed by atoms with Crippen molar-refractivity contribution in [3.05, 3.63) is 5.89 Å². The van der Waals surface area contributed by atoms with E-state index in [-0.39, 0.29) is 6.04 Å². The van der Waals surface area contributed by atoms with Crippen molar-refractivity contribution in [1.82, 2.24) is 15.5 Å². The van der Waals surface area contributed by atoms with Crippen molar-refractivity contribution < 1.29 is 4.42 Å². The minimum atomic E-state index is 0.115. The number of aromatic nitrogens is 2. The normalized spacial score (nSPS) is 12.6. The van der Waals surface area contributed by atoms with Gasteiger partial charge in [0.2, 0.25) is 5.89 Å². The molecule has 0 aliphatic rings. The lowest BCUT2D eigenvalue weighted by atomic mass is 10.3. The summed E-state index contributed by atoms with van der Waals surface area (Å²) >= 11 is 1.84. The Hall–Kier alpha value is -0.750. The first-order chi connectivity index (χ1) is 8.27. The largest absolute Gasteiger partial charge is 0.406 e. The van der Waals surface area contributed by atoms with Gasteiger partial charge in [-0.05, 0) is 38.3 Å². The first-order valence-electron chi connectivity index (χ1n) is 6.07. The Morgan fingerprint density at radius 3 is 2.88 bits per heavy atom. The smallest absolute Gasteiger partial charge is 0.315 e. The van der Waals surface area contributed by atoms with E-state index in [0.717, 1.165) is 31.7 Å². The van der Waals surface area contributed by atoms with Crippen molar-refractivity contribution in [3.63, 3.8) is 0 Å². The molecule has 0 aliphatic heterocycles. The Morgan fingerprint density at radius 2 is 2.18 bits per heavy atom. The Morgan fingerprint density at radius 1 is 1.35 bits per heavy atom. The molecule has 17 heavy (non-hydrogen) atoms. The molecule has 1 unspecified atom stereocenters. The molecule has 1 aromatic rings. The van der Waals surface area contributed by atoms with Gasteiger partial charge >= 0.3 is 6.01 Å². The second-order valence-corrected chi connectivity index (χ2v) is 4.88. The predicted octanol–water partition coefficient (Wildman–Crippen LogP) is 2.30. The molecule has 0 saturated carbocycles. The fourth-order valence-electron chi connectivity index (χ4n) is 1.34. The van der Waals surface area contributed by atoms with Crippen molar-refractivity contribution in [1.29, 1.82) is 0 Å². The van der Waals surface area contributed by atoms with E-state index >= 15 is 0 Å². The number of nitrogens with one attached hydrogen (secondary N) is 2. The standard InChI is InChI=1S/C11H22N4OS/c1-4-6-12-9(2)10-14-15-11(16-10)13-7-5-8-17-3/h9,12H,4-8H2,1-3H3,(H,13,15). The lowest BCUT2D eigenvalue weighted by Crippen LogP contribution is -2.19. The van der Waals surface area contributed by atoms with Crippen LogP contribution < -0.4 is 10.6 Å². The van der Waals surface area contributed by atoms with E-state index < -0.39 is 0 Å². The molecule has 2 N–H and O–H groups in total. The summed E-state index contributed by atoms with van der Waals surface area (Å²) in [4.78, 5) is 0. The van der Waals surface area contributed by atoms with Gasteiger partial charge in [0.1, 0.15) is 0 Å². The molecule has 0 fully saturated rings. The molecule has 1 aromatic heterocycles. The van der Waals surface area contributed by atoms with Crippen LogP contribution in [0.2, 0.25) is 0 Å². The van der Waals surface area contributed by atoms with Crippen LogP contribution in [0.1, 0.15) is 38.6 Å². The second-order valence-electron chi connectivity index (χ2n) is 3.89. The topological polar surface area (TPSA) is 63.0 Å². The molecule has 98 valence electrons. The maximum atomic E-state index is 5.52. The summed E-state index contributed by atoms with van der Waals surface area (Å²) in [6.45, 7) is 5.99. The Bertz CT molecular complexity index is 305. The zero-order chi connectivity index (χ0) is 12.5. The van der Waals surface area contributed by atoms with Gasteiger partial charge in [-0.15, -0.1) is 5.10 Å². The Kier molecular flexibility index (Phi) is 7.04. The highest BCUT2D eigenvalue weighted by atomic mass is 32.2. The van der Waals surface area contributed by atoms with E-state index in [4.69, 9.17) is 4.42 Å². The second kappa shape index (κ2) is 8.36. The molecule has 0 saturated heterocycles. The Labute approximate surface area is 107 Å². The first kappa shape index (κ1) is 14.3. The number of rotatable bonds is 9. The van der Waals surface area contributed by atoms with Gasteiger partial charge in [-0.3, -0.25) is 0 Å². The summed E-state index contributed by atoms with van der Waals surface area (Å²) in [5.41, 5.74) is 0. The third-order valence-electron chi connectivity index (χ3n) is 2.31. The molecule has 1 atom stereocenters. The van der Waals surface area contributed by atoms with Crippen LogP contribution in [0, 0.1) is 0 Å². The van der Waals surface area contributed by atoms with Gasteiger partial charge in [-0.1, -0.05) is 12.0 Å². The minimum absolute atomic E-state index is 0.115. The van der Waals surface area contributed by atoms with Crippen molar-refractivity contribution in [3.8, 4) is 0 Å². The van der Waals surface area contributed by atoms with Crippen LogP contribution in [0.4, 0.5) is 6.01 Å². The lowest BCUT2D eigenvalue weighted by Gasteiger charge is -2.07. The number of anilines is 1.